The van der Waals surface area contributed by atoms with Crippen LogP contribution in [0.15, 0.2) is 42.6 Å². The Morgan fingerprint density at radius 1 is 1.20 bits per heavy atom. The van der Waals surface area contributed by atoms with Gasteiger partial charge in [0.1, 0.15) is 12.3 Å². The fraction of sp³-hybridized carbons (Fsp3) is 0.478. The minimum Gasteiger partial charge on any atom is -0.497 e. The van der Waals surface area contributed by atoms with Crippen molar-refractivity contribution in [2.75, 3.05) is 25.5 Å². The van der Waals surface area contributed by atoms with E-state index in [4.69, 9.17) is 4.74 Å². The molecular formula is C23H32N4O3. The summed E-state index contributed by atoms with van der Waals surface area (Å²) >= 11 is 0. The normalized spacial score (nSPS) is 13.2. The number of rotatable bonds is 9. The highest BCUT2D eigenvalue weighted by atomic mass is 16.5. The van der Waals surface area contributed by atoms with E-state index in [2.05, 4.69) is 5.32 Å². The molecule has 0 spiro atoms. The van der Waals surface area contributed by atoms with Crippen LogP contribution in [0.5, 0.6) is 5.75 Å². The number of carbonyl (C=O) groups is 2. The minimum absolute atomic E-state index is 0.00997. The summed E-state index contributed by atoms with van der Waals surface area (Å²) in [5.74, 6) is 0.967. The third-order valence-electron chi connectivity index (χ3n) is 5.23. The van der Waals surface area contributed by atoms with Crippen LogP contribution in [0, 0.1) is 5.92 Å². The van der Waals surface area contributed by atoms with E-state index in [1.54, 1.807) is 36.3 Å². The fourth-order valence-electron chi connectivity index (χ4n) is 3.43. The SMILES string of the molecule is COc1ccc(NC(=O)N(CC(=O)N(Cc2cccn2C)C2CC2)CC(C)C)cc1. The van der Waals surface area contributed by atoms with E-state index in [1.165, 1.54) is 0 Å². The van der Waals surface area contributed by atoms with Crippen LogP contribution in [0.4, 0.5) is 10.5 Å². The number of anilines is 1. The number of aromatic nitrogens is 1. The molecule has 1 saturated carbocycles. The smallest absolute Gasteiger partial charge is 0.322 e. The molecular weight excluding hydrogens is 380 g/mol. The van der Waals surface area contributed by atoms with Gasteiger partial charge in [0.05, 0.1) is 13.7 Å². The van der Waals surface area contributed by atoms with Gasteiger partial charge in [0.15, 0.2) is 0 Å². The van der Waals surface area contributed by atoms with E-state index in [0.29, 0.717) is 18.8 Å². The molecule has 0 radical (unpaired) electrons. The first kappa shape index (κ1) is 21.7. The molecule has 0 atom stereocenters. The molecule has 7 heteroatoms. The highest BCUT2D eigenvalue weighted by Crippen LogP contribution is 2.28. The van der Waals surface area contributed by atoms with Crippen LogP contribution < -0.4 is 10.1 Å². The number of urea groups is 1. The van der Waals surface area contributed by atoms with Crippen LogP contribution in [-0.2, 0) is 18.4 Å². The van der Waals surface area contributed by atoms with Gasteiger partial charge >= 0.3 is 6.03 Å². The number of aryl methyl sites for hydroxylation is 1. The number of amides is 3. The van der Waals surface area contributed by atoms with Crippen LogP contribution in [0.2, 0.25) is 0 Å². The minimum atomic E-state index is -0.267. The summed E-state index contributed by atoms with van der Waals surface area (Å²) in [5.41, 5.74) is 1.76. The largest absolute Gasteiger partial charge is 0.497 e. The van der Waals surface area contributed by atoms with Crippen molar-refractivity contribution in [2.24, 2.45) is 13.0 Å². The summed E-state index contributed by atoms with van der Waals surface area (Å²) in [6, 6.07) is 11.2. The molecule has 7 nitrogen and oxygen atoms in total. The molecule has 0 bridgehead atoms. The number of hydrogen-bond donors (Lipinski definition) is 1. The number of hydrogen-bond acceptors (Lipinski definition) is 3. The van der Waals surface area contributed by atoms with Gasteiger partial charge in [-0.1, -0.05) is 13.8 Å². The van der Waals surface area contributed by atoms with E-state index in [1.807, 2.05) is 48.7 Å². The van der Waals surface area contributed by atoms with Gasteiger partial charge in [0.2, 0.25) is 5.91 Å². The number of ether oxygens (including phenoxy) is 1. The lowest BCUT2D eigenvalue weighted by molar-refractivity contribution is -0.133. The average molecular weight is 413 g/mol. The molecule has 3 amide bonds. The van der Waals surface area contributed by atoms with E-state index in [-0.39, 0.29) is 30.4 Å². The summed E-state index contributed by atoms with van der Waals surface area (Å²) in [4.78, 5) is 29.6. The van der Waals surface area contributed by atoms with E-state index < -0.39 is 0 Å². The molecule has 1 aromatic carbocycles. The molecule has 0 aliphatic heterocycles. The second-order valence-electron chi connectivity index (χ2n) is 8.30. The van der Waals surface area contributed by atoms with Gasteiger partial charge in [-0.25, -0.2) is 4.79 Å². The van der Waals surface area contributed by atoms with Gasteiger partial charge in [-0.05, 0) is 55.2 Å². The van der Waals surface area contributed by atoms with Crippen molar-refractivity contribution in [2.45, 2.75) is 39.3 Å². The Morgan fingerprint density at radius 3 is 2.43 bits per heavy atom. The average Bonchev–Trinajstić information content (AvgIpc) is 3.47. The van der Waals surface area contributed by atoms with E-state index in [0.717, 1.165) is 24.3 Å². The Kier molecular flexibility index (Phi) is 7.03. The van der Waals surface area contributed by atoms with Crippen LogP contribution in [0.3, 0.4) is 0 Å². The van der Waals surface area contributed by atoms with Crippen molar-refractivity contribution in [3.8, 4) is 5.75 Å². The maximum Gasteiger partial charge on any atom is 0.322 e. The molecule has 2 aromatic rings. The summed E-state index contributed by atoms with van der Waals surface area (Å²) in [6.07, 6.45) is 4.04. The number of methoxy groups -OCH3 is 1. The predicted molar refractivity (Wildman–Crippen MR) is 117 cm³/mol. The Labute approximate surface area is 178 Å². The number of carbonyl (C=O) groups excluding carboxylic acids is 2. The third kappa shape index (κ3) is 5.78. The Balaban J connectivity index is 1.68. The van der Waals surface area contributed by atoms with Gasteiger partial charge in [-0.15, -0.1) is 0 Å². The first-order chi connectivity index (χ1) is 14.4. The molecule has 1 N–H and O–H groups in total. The van der Waals surface area contributed by atoms with Gasteiger partial charge in [0, 0.05) is 37.2 Å². The lowest BCUT2D eigenvalue weighted by Gasteiger charge is -2.29. The van der Waals surface area contributed by atoms with Crippen LogP contribution in [0.25, 0.3) is 0 Å². The maximum atomic E-state index is 13.2. The van der Waals surface area contributed by atoms with Crippen molar-refractivity contribution < 1.29 is 14.3 Å². The topological polar surface area (TPSA) is 66.8 Å². The molecule has 1 aliphatic carbocycles. The third-order valence-corrected chi connectivity index (χ3v) is 5.23. The molecule has 162 valence electrons. The number of nitrogens with zero attached hydrogens (tertiary/aromatic N) is 3. The van der Waals surface area contributed by atoms with Crippen molar-refractivity contribution in [1.29, 1.82) is 0 Å². The summed E-state index contributed by atoms with van der Waals surface area (Å²) in [5, 5.41) is 2.90. The van der Waals surface area contributed by atoms with Crippen molar-refractivity contribution in [3.63, 3.8) is 0 Å². The number of nitrogens with one attached hydrogen (secondary N) is 1. The van der Waals surface area contributed by atoms with E-state index in [9.17, 15) is 9.59 Å². The van der Waals surface area contributed by atoms with Gasteiger partial charge in [0.25, 0.3) is 0 Å². The van der Waals surface area contributed by atoms with Crippen molar-refractivity contribution >= 4 is 17.6 Å². The zero-order valence-corrected chi connectivity index (χ0v) is 18.3. The quantitative estimate of drug-likeness (QED) is 0.683. The highest BCUT2D eigenvalue weighted by Gasteiger charge is 2.34. The first-order valence-electron chi connectivity index (χ1n) is 10.5. The molecule has 1 aliphatic rings. The second kappa shape index (κ2) is 9.69. The number of benzene rings is 1. The molecule has 1 heterocycles. The van der Waals surface area contributed by atoms with Gasteiger partial charge in [-0.3, -0.25) is 4.79 Å². The molecule has 3 rings (SSSR count). The lowest BCUT2D eigenvalue weighted by atomic mass is 10.2. The van der Waals surface area contributed by atoms with Crippen LogP contribution >= 0.6 is 0 Å². The van der Waals surface area contributed by atoms with Gasteiger partial charge in [-0.2, -0.15) is 0 Å². The summed E-state index contributed by atoms with van der Waals surface area (Å²) in [6.45, 7) is 5.24. The maximum absolute atomic E-state index is 13.2. The zero-order chi connectivity index (χ0) is 21.7. The monoisotopic (exact) mass is 412 g/mol. The standard InChI is InChI=1S/C23H32N4O3/c1-17(2)14-26(23(29)24-18-7-11-21(30-4)12-8-18)16-22(28)27(19-9-10-19)15-20-6-5-13-25(20)3/h5-8,11-13,17,19H,9-10,14-16H2,1-4H3,(H,24,29). The predicted octanol–water partition coefficient (Wildman–Crippen LogP) is 3.71. The Morgan fingerprint density at radius 2 is 1.90 bits per heavy atom. The van der Waals surface area contributed by atoms with Crippen LogP contribution in [0.1, 0.15) is 32.4 Å². The summed E-state index contributed by atoms with van der Waals surface area (Å²) < 4.78 is 7.19. The Bertz CT molecular complexity index is 856. The Hall–Kier alpha value is -2.96. The van der Waals surface area contributed by atoms with Crippen molar-refractivity contribution in [3.05, 3.63) is 48.3 Å². The van der Waals surface area contributed by atoms with Crippen LogP contribution in [-0.4, -0.2) is 52.5 Å². The zero-order valence-electron chi connectivity index (χ0n) is 18.3. The second-order valence-corrected chi connectivity index (χ2v) is 8.30. The first-order valence-corrected chi connectivity index (χ1v) is 10.5. The molecule has 1 aromatic heterocycles. The fourth-order valence-corrected chi connectivity index (χ4v) is 3.43. The molecule has 30 heavy (non-hydrogen) atoms. The molecule has 1 fully saturated rings. The van der Waals surface area contributed by atoms with E-state index >= 15 is 0 Å². The molecule has 0 unspecified atom stereocenters. The summed E-state index contributed by atoms with van der Waals surface area (Å²) in [7, 11) is 3.59. The van der Waals surface area contributed by atoms with Gasteiger partial charge < -0.3 is 24.4 Å². The highest BCUT2D eigenvalue weighted by molar-refractivity contribution is 5.92. The molecule has 0 saturated heterocycles. The lowest BCUT2D eigenvalue weighted by Crippen LogP contribution is -2.46. The van der Waals surface area contributed by atoms with Crippen molar-refractivity contribution in [1.82, 2.24) is 14.4 Å².